The first kappa shape index (κ1) is 12.6. The summed E-state index contributed by atoms with van der Waals surface area (Å²) >= 11 is 0. The molecule has 0 aliphatic rings. The summed E-state index contributed by atoms with van der Waals surface area (Å²) in [5.74, 6) is 0.731. The van der Waals surface area contributed by atoms with E-state index < -0.39 is 0 Å². The van der Waals surface area contributed by atoms with Gasteiger partial charge in [0.15, 0.2) is 0 Å². The van der Waals surface area contributed by atoms with Gasteiger partial charge in [-0.05, 0) is 24.6 Å². The summed E-state index contributed by atoms with van der Waals surface area (Å²) in [6.07, 6.45) is 0. The third kappa shape index (κ3) is 1.99. The molecule has 0 amide bonds. The zero-order valence-corrected chi connectivity index (χ0v) is 11.2. The first-order valence-corrected chi connectivity index (χ1v) is 5.84. The maximum atomic E-state index is 9.49. The van der Waals surface area contributed by atoms with Gasteiger partial charge in [0, 0.05) is 30.9 Å². The van der Waals surface area contributed by atoms with E-state index in [2.05, 4.69) is 4.98 Å². The molecule has 1 N–H and O–H groups in total. The minimum Gasteiger partial charge on any atom is -0.494 e. The monoisotopic (exact) mass is 246 g/mol. The van der Waals surface area contributed by atoms with Gasteiger partial charge < -0.3 is 14.7 Å². The first-order chi connectivity index (χ1) is 8.58. The number of anilines is 1. The van der Waals surface area contributed by atoms with Crippen molar-refractivity contribution in [3.63, 3.8) is 0 Å². The average Bonchev–Trinajstić information content (AvgIpc) is 2.36. The number of benzene rings is 1. The number of ether oxygens (including phenoxy) is 1. The number of aryl methyl sites for hydroxylation is 1. The summed E-state index contributed by atoms with van der Waals surface area (Å²) < 4.78 is 5.35. The number of rotatable bonds is 3. The van der Waals surface area contributed by atoms with E-state index >= 15 is 0 Å². The van der Waals surface area contributed by atoms with Crippen molar-refractivity contribution in [1.29, 1.82) is 0 Å². The molecule has 0 saturated heterocycles. The van der Waals surface area contributed by atoms with Gasteiger partial charge in [-0.15, -0.1) is 0 Å². The molecule has 4 nitrogen and oxygen atoms in total. The second kappa shape index (κ2) is 4.82. The number of methoxy groups -OCH3 is 1. The van der Waals surface area contributed by atoms with Crippen LogP contribution in [0.15, 0.2) is 18.2 Å². The maximum Gasteiger partial charge on any atom is 0.145 e. The van der Waals surface area contributed by atoms with Crippen LogP contribution in [0.2, 0.25) is 0 Å². The number of hydrogen-bond donors (Lipinski definition) is 1. The van der Waals surface area contributed by atoms with Crippen molar-refractivity contribution in [1.82, 2.24) is 4.98 Å². The third-order valence-corrected chi connectivity index (χ3v) is 2.99. The number of pyridine rings is 1. The summed E-state index contributed by atoms with van der Waals surface area (Å²) in [5, 5.41) is 10.4. The number of nitrogens with zero attached hydrogens (tertiary/aromatic N) is 2. The summed E-state index contributed by atoms with van der Waals surface area (Å²) in [7, 11) is 5.59. The van der Waals surface area contributed by atoms with Crippen LogP contribution in [0.3, 0.4) is 0 Å². The van der Waals surface area contributed by atoms with E-state index in [0.717, 1.165) is 33.6 Å². The van der Waals surface area contributed by atoms with Gasteiger partial charge in [-0.2, -0.15) is 0 Å². The molecule has 0 radical (unpaired) electrons. The van der Waals surface area contributed by atoms with Crippen molar-refractivity contribution in [2.75, 3.05) is 26.1 Å². The van der Waals surface area contributed by atoms with Crippen molar-refractivity contribution in [3.8, 4) is 5.75 Å². The molecule has 0 bridgehead atoms. The number of aliphatic hydroxyl groups excluding tert-OH is 1. The van der Waals surface area contributed by atoms with Crippen molar-refractivity contribution in [2.45, 2.75) is 13.5 Å². The van der Waals surface area contributed by atoms with E-state index in [4.69, 9.17) is 4.74 Å². The molecular formula is C14H18N2O2. The fourth-order valence-electron chi connectivity index (χ4n) is 2.14. The Hall–Kier alpha value is -1.81. The fraction of sp³-hybridized carbons (Fsp3) is 0.357. The van der Waals surface area contributed by atoms with Gasteiger partial charge in [0.2, 0.25) is 0 Å². The van der Waals surface area contributed by atoms with Crippen LogP contribution in [0.5, 0.6) is 5.75 Å². The number of fused-ring (bicyclic) bond motifs is 1. The lowest BCUT2D eigenvalue weighted by Crippen LogP contribution is -2.11. The molecule has 0 spiro atoms. The molecule has 1 aromatic heterocycles. The van der Waals surface area contributed by atoms with E-state index in [-0.39, 0.29) is 6.61 Å². The van der Waals surface area contributed by atoms with Crippen molar-refractivity contribution in [3.05, 3.63) is 29.5 Å². The molecule has 2 aromatic rings. The van der Waals surface area contributed by atoms with Crippen LogP contribution in [0.1, 0.15) is 11.3 Å². The van der Waals surface area contributed by atoms with Gasteiger partial charge in [0.25, 0.3) is 0 Å². The first-order valence-electron chi connectivity index (χ1n) is 5.84. The van der Waals surface area contributed by atoms with Crippen molar-refractivity contribution < 1.29 is 9.84 Å². The van der Waals surface area contributed by atoms with E-state index in [1.165, 1.54) is 0 Å². The lowest BCUT2D eigenvalue weighted by Gasteiger charge is -2.19. The largest absolute Gasteiger partial charge is 0.494 e. The van der Waals surface area contributed by atoms with Gasteiger partial charge in [0.05, 0.1) is 13.7 Å². The average molecular weight is 246 g/mol. The standard InChI is InChI=1S/C14H18N2O2/c1-9-7-11(16(2)3)13-10(8-17)5-6-12(18-4)14(13)15-9/h5-7,17H,8H2,1-4H3. The number of aromatic nitrogens is 1. The molecule has 1 heterocycles. The third-order valence-electron chi connectivity index (χ3n) is 2.99. The summed E-state index contributed by atoms with van der Waals surface area (Å²) in [6, 6.07) is 5.74. The Balaban J connectivity index is 2.91. The minimum atomic E-state index is -0.00786. The van der Waals surface area contributed by atoms with E-state index in [9.17, 15) is 5.11 Å². The summed E-state index contributed by atoms with van der Waals surface area (Å²) in [6.45, 7) is 1.95. The predicted molar refractivity (Wildman–Crippen MR) is 73.3 cm³/mol. The van der Waals surface area contributed by atoms with Crippen LogP contribution in [0.4, 0.5) is 5.69 Å². The Morgan fingerprint density at radius 1 is 1.33 bits per heavy atom. The maximum absolute atomic E-state index is 9.49. The highest BCUT2D eigenvalue weighted by molar-refractivity contribution is 5.98. The van der Waals surface area contributed by atoms with E-state index in [1.54, 1.807) is 7.11 Å². The molecule has 96 valence electrons. The minimum absolute atomic E-state index is 0.00786. The Labute approximate surface area is 107 Å². The molecule has 0 aliphatic carbocycles. The Bertz CT molecular complexity index is 580. The zero-order chi connectivity index (χ0) is 13.3. The topological polar surface area (TPSA) is 45.6 Å². The molecule has 2 rings (SSSR count). The second-order valence-electron chi connectivity index (χ2n) is 4.49. The van der Waals surface area contributed by atoms with Crippen molar-refractivity contribution in [2.24, 2.45) is 0 Å². The fourth-order valence-corrected chi connectivity index (χ4v) is 2.14. The van der Waals surface area contributed by atoms with Crippen LogP contribution >= 0.6 is 0 Å². The smallest absolute Gasteiger partial charge is 0.145 e. The summed E-state index contributed by atoms with van der Waals surface area (Å²) in [5.41, 5.74) is 3.63. The van der Waals surface area contributed by atoms with Gasteiger partial charge >= 0.3 is 0 Å². The zero-order valence-electron chi connectivity index (χ0n) is 11.2. The number of hydrogen-bond acceptors (Lipinski definition) is 4. The van der Waals surface area contributed by atoms with Gasteiger partial charge in [-0.25, -0.2) is 4.98 Å². The summed E-state index contributed by atoms with van der Waals surface area (Å²) in [4.78, 5) is 6.56. The lowest BCUT2D eigenvalue weighted by molar-refractivity contribution is 0.283. The molecular weight excluding hydrogens is 228 g/mol. The predicted octanol–water partition coefficient (Wildman–Crippen LogP) is 2.11. The lowest BCUT2D eigenvalue weighted by atomic mass is 10.0. The number of aliphatic hydroxyl groups is 1. The van der Waals surface area contributed by atoms with Crippen molar-refractivity contribution >= 4 is 16.6 Å². The normalized spacial score (nSPS) is 10.7. The van der Waals surface area contributed by atoms with Gasteiger partial charge in [-0.3, -0.25) is 0 Å². The highest BCUT2D eigenvalue weighted by Gasteiger charge is 2.13. The molecule has 0 fully saturated rings. The highest BCUT2D eigenvalue weighted by atomic mass is 16.5. The van der Waals surface area contributed by atoms with Crippen LogP contribution < -0.4 is 9.64 Å². The molecule has 0 saturated carbocycles. The highest BCUT2D eigenvalue weighted by Crippen LogP contribution is 2.34. The molecule has 18 heavy (non-hydrogen) atoms. The second-order valence-corrected chi connectivity index (χ2v) is 4.49. The van der Waals surface area contributed by atoms with Gasteiger partial charge in [-0.1, -0.05) is 6.07 Å². The molecule has 0 atom stereocenters. The van der Waals surface area contributed by atoms with Crippen LogP contribution in [0.25, 0.3) is 10.9 Å². The molecule has 0 aliphatic heterocycles. The molecule has 1 aromatic carbocycles. The SMILES string of the molecule is COc1ccc(CO)c2c(N(C)C)cc(C)nc12. The van der Waals surface area contributed by atoms with Crippen LogP contribution in [-0.2, 0) is 6.61 Å². The Morgan fingerprint density at radius 3 is 2.61 bits per heavy atom. The molecule has 4 heteroatoms. The quantitative estimate of drug-likeness (QED) is 0.901. The molecule has 0 unspecified atom stereocenters. The van der Waals surface area contributed by atoms with Crippen LogP contribution in [0, 0.1) is 6.92 Å². The Kier molecular flexibility index (Phi) is 3.39. The van der Waals surface area contributed by atoms with E-state index in [1.807, 2.05) is 44.1 Å². The van der Waals surface area contributed by atoms with Gasteiger partial charge in [0.1, 0.15) is 11.3 Å². The van der Waals surface area contributed by atoms with Crippen LogP contribution in [-0.4, -0.2) is 31.3 Å². The Morgan fingerprint density at radius 2 is 2.06 bits per heavy atom. The van der Waals surface area contributed by atoms with E-state index in [0.29, 0.717) is 0 Å².